The van der Waals surface area contributed by atoms with Gasteiger partial charge in [-0.3, -0.25) is 19.6 Å². The Morgan fingerprint density at radius 3 is 1.94 bits per heavy atom. The van der Waals surface area contributed by atoms with Gasteiger partial charge in [0, 0.05) is 19.2 Å². The van der Waals surface area contributed by atoms with Crippen LogP contribution < -0.4 is 10.8 Å². The third-order valence-corrected chi connectivity index (χ3v) is 4.86. The third-order valence-electron chi connectivity index (χ3n) is 4.86. The van der Waals surface area contributed by atoms with Crippen molar-refractivity contribution in [3.63, 3.8) is 0 Å². The fourth-order valence-corrected chi connectivity index (χ4v) is 3.17. The molecule has 7 heteroatoms. The molecule has 3 rings (SSSR count). The highest BCUT2D eigenvalue weighted by Crippen LogP contribution is 2.20. The summed E-state index contributed by atoms with van der Waals surface area (Å²) in [6.07, 6.45) is 0. The Hall–Kier alpha value is -3.97. The Balaban J connectivity index is 1.74. The van der Waals surface area contributed by atoms with Crippen LogP contribution in [0.4, 0.5) is 0 Å². The average Bonchev–Trinajstić information content (AvgIpc) is 2.83. The van der Waals surface area contributed by atoms with E-state index in [-0.39, 0.29) is 6.54 Å². The average molecular weight is 417 g/mol. The molecular formula is C24H23N3O4. The number of nitrogens with zero attached hydrogens (tertiary/aromatic N) is 1. The molecule has 0 bridgehead atoms. The quantitative estimate of drug-likeness (QED) is 0.313. The van der Waals surface area contributed by atoms with Crippen LogP contribution >= 0.6 is 0 Å². The molecular weight excluding hydrogens is 394 g/mol. The second-order valence-electron chi connectivity index (χ2n) is 6.94. The molecule has 158 valence electrons. The number of hydrogen-bond donors (Lipinski definition) is 3. The highest BCUT2D eigenvalue weighted by molar-refractivity contribution is 6.08. The van der Waals surface area contributed by atoms with Crippen molar-refractivity contribution in [1.29, 1.82) is 0 Å². The lowest BCUT2D eigenvalue weighted by molar-refractivity contribution is -0.141. The predicted molar refractivity (Wildman–Crippen MR) is 116 cm³/mol. The number of carbonyl (C=O) groups excluding carboxylic acids is 3. The summed E-state index contributed by atoms with van der Waals surface area (Å²) in [6, 6.07) is 24.2. The maximum atomic E-state index is 12.9. The van der Waals surface area contributed by atoms with Crippen molar-refractivity contribution >= 4 is 17.7 Å². The molecule has 1 unspecified atom stereocenters. The van der Waals surface area contributed by atoms with E-state index in [1.54, 1.807) is 24.3 Å². The van der Waals surface area contributed by atoms with Crippen LogP contribution in [0, 0.1) is 0 Å². The van der Waals surface area contributed by atoms with Gasteiger partial charge in [0.15, 0.2) is 6.04 Å². The maximum Gasteiger partial charge on any atom is 0.275 e. The molecule has 0 aliphatic rings. The van der Waals surface area contributed by atoms with Crippen molar-refractivity contribution in [1.82, 2.24) is 15.7 Å². The number of nitrogens with one attached hydrogen (secondary N) is 2. The van der Waals surface area contributed by atoms with Crippen LogP contribution in [0.3, 0.4) is 0 Å². The number of likely N-dealkylation sites (N-methyl/N-ethyl adjacent to an activating group) is 1. The first kappa shape index (κ1) is 21.7. The summed E-state index contributed by atoms with van der Waals surface area (Å²) in [6.45, 7) is 0.183. The first-order chi connectivity index (χ1) is 15.0. The van der Waals surface area contributed by atoms with Crippen molar-refractivity contribution in [3.05, 3.63) is 96.1 Å². The molecule has 7 nitrogen and oxygen atoms in total. The molecule has 1 atom stereocenters. The summed E-state index contributed by atoms with van der Waals surface area (Å²) < 4.78 is 0. The Morgan fingerprint density at radius 2 is 1.35 bits per heavy atom. The summed E-state index contributed by atoms with van der Waals surface area (Å²) in [7, 11) is 1.34. The highest BCUT2D eigenvalue weighted by Gasteiger charge is 2.34. The fraction of sp³-hybridized carbons (Fsp3) is 0.125. The molecule has 0 fully saturated rings. The lowest BCUT2D eigenvalue weighted by atomic mass is 10.0. The smallest absolute Gasteiger partial charge is 0.275 e. The van der Waals surface area contributed by atoms with Gasteiger partial charge in [-0.15, -0.1) is 0 Å². The van der Waals surface area contributed by atoms with Gasteiger partial charge in [-0.2, -0.15) is 0 Å². The van der Waals surface area contributed by atoms with Crippen LogP contribution in [0.2, 0.25) is 0 Å². The van der Waals surface area contributed by atoms with Gasteiger partial charge in [-0.05, 0) is 28.8 Å². The highest BCUT2D eigenvalue weighted by atomic mass is 16.5. The lowest BCUT2D eigenvalue weighted by Gasteiger charge is -2.25. The lowest BCUT2D eigenvalue weighted by Crippen LogP contribution is -2.55. The van der Waals surface area contributed by atoms with Gasteiger partial charge in [0.1, 0.15) is 0 Å². The molecule has 0 radical (unpaired) electrons. The van der Waals surface area contributed by atoms with E-state index in [2.05, 4.69) is 5.32 Å². The summed E-state index contributed by atoms with van der Waals surface area (Å²) in [5, 5.41) is 11.7. The van der Waals surface area contributed by atoms with Gasteiger partial charge in [0.2, 0.25) is 0 Å². The van der Waals surface area contributed by atoms with Crippen LogP contribution in [0.5, 0.6) is 0 Å². The molecule has 3 aromatic rings. The standard InChI is InChI=1S/C24H23N3O4/c1-27(21(23(29)26-31)22(28)25-16-17-8-4-2-5-9-17)24(30)20-14-12-19(13-15-20)18-10-6-3-7-11-18/h2-15,21,31H,16H2,1H3,(H,25,28)(H,26,29). The maximum absolute atomic E-state index is 12.9. The zero-order valence-electron chi connectivity index (χ0n) is 17.0. The van der Waals surface area contributed by atoms with Crippen molar-refractivity contribution in [2.75, 3.05) is 7.05 Å². The van der Waals surface area contributed by atoms with E-state index in [4.69, 9.17) is 5.21 Å². The van der Waals surface area contributed by atoms with E-state index in [9.17, 15) is 14.4 Å². The largest absolute Gasteiger partial charge is 0.350 e. The van der Waals surface area contributed by atoms with Gasteiger partial charge >= 0.3 is 0 Å². The van der Waals surface area contributed by atoms with Gasteiger partial charge in [-0.25, -0.2) is 5.48 Å². The van der Waals surface area contributed by atoms with Crippen molar-refractivity contribution in [2.24, 2.45) is 0 Å². The van der Waals surface area contributed by atoms with Crippen LogP contribution in [-0.4, -0.2) is 40.9 Å². The topological polar surface area (TPSA) is 98.7 Å². The molecule has 31 heavy (non-hydrogen) atoms. The van der Waals surface area contributed by atoms with Gasteiger partial charge < -0.3 is 10.2 Å². The number of amides is 3. The van der Waals surface area contributed by atoms with Crippen molar-refractivity contribution in [3.8, 4) is 11.1 Å². The minimum atomic E-state index is -1.53. The normalized spacial score (nSPS) is 11.3. The SMILES string of the molecule is CN(C(=O)c1ccc(-c2ccccc2)cc1)C(C(=O)NO)C(=O)NCc1ccccc1. The minimum absolute atomic E-state index is 0.183. The molecule has 3 amide bonds. The Bertz CT molecular complexity index is 1040. The summed E-state index contributed by atoms with van der Waals surface area (Å²) in [5.74, 6) is -2.22. The number of hydrogen-bond acceptors (Lipinski definition) is 4. The van der Waals surface area contributed by atoms with Crippen LogP contribution in [0.25, 0.3) is 11.1 Å². The monoisotopic (exact) mass is 417 g/mol. The first-order valence-corrected chi connectivity index (χ1v) is 9.69. The van der Waals surface area contributed by atoms with E-state index in [0.717, 1.165) is 21.6 Å². The molecule has 0 heterocycles. The molecule has 0 aliphatic carbocycles. The molecule has 0 aliphatic heterocycles. The summed E-state index contributed by atoms with van der Waals surface area (Å²) in [5.41, 5.74) is 4.56. The van der Waals surface area contributed by atoms with Crippen LogP contribution in [-0.2, 0) is 16.1 Å². The minimum Gasteiger partial charge on any atom is -0.350 e. The van der Waals surface area contributed by atoms with Gasteiger partial charge in [0.25, 0.3) is 17.7 Å². The van der Waals surface area contributed by atoms with Crippen molar-refractivity contribution in [2.45, 2.75) is 12.6 Å². The predicted octanol–water partition coefficient (Wildman–Crippen LogP) is 2.62. The second kappa shape index (κ2) is 10.2. The zero-order valence-corrected chi connectivity index (χ0v) is 17.0. The second-order valence-corrected chi connectivity index (χ2v) is 6.94. The van der Waals surface area contributed by atoms with Crippen molar-refractivity contribution < 1.29 is 19.6 Å². The fourth-order valence-electron chi connectivity index (χ4n) is 3.17. The molecule has 0 aromatic heterocycles. The molecule has 0 spiro atoms. The van der Waals surface area contributed by atoms with E-state index in [0.29, 0.717) is 5.56 Å². The van der Waals surface area contributed by atoms with E-state index in [1.165, 1.54) is 12.5 Å². The number of benzene rings is 3. The third kappa shape index (κ3) is 5.34. The van der Waals surface area contributed by atoms with Gasteiger partial charge in [-0.1, -0.05) is 72.8 Å². The zero-order chi connectivity index (χ0) is 22.2. The van der Waals surface area contributed by atoms with Gasteiger partial charge in [0.05, 0.1) is 0 Å². The summed E-state index contributed by atoms with van der Waals surface area (Å²) >= 11 is 0. The Kier molecular flexibility index (Phi) is 7.13. The number of hydroxylamine groups is 1. The number of rotatable bonds is 7. The Morgan fingerprint density at radius 1 is 0.806 bits per heavy atom. The Labute approximate surface area is 180 Å². The number of carbonyl (C=O) groups is 3. The van der Waals surface area contributed by atoms with E-state index < -0.39 is 23.8 Å². The molecule has 3 aromatic carbocycles. The molecule has 0 saturated heterocycles. The first-order valence-electron chi connectivity index (χ1n) is 9.69. The molecule has 0 saturated carbocycles. The van der Waals surface area contributed by atoms with E-state index in [1.807, 2.05) is 60.7 Å². The van der Waals surface area contributed by atoms with E-state index >= 15 is 0 Å². The van der Waals surface area contributed by atoms with Crippen LogP contribution in [0.15, 0.2) is 84.9 Å². The van der Waals surface area contributed by atoms with Crippen LogP contribution in [0.1, 0.15) is 15.9 Å². The molecule has 3 N–H and O–H groups in total. The summed E-state index contributed by atoms with van der Waals surface area (Å²) in [4.78, 5) is 38.7.